The van der Waals surface area contributed by atoms with Crippen molar-refractivity contribution in [2.24, 2.45) is 17.8 Å². The van der Waals surface area contributed by atoms with E-state index in [-0.39, 0.29) is 37.5 Å². The molecule has 3 aromatic rings. The molecule has 6 rings (SSSR count). The summed E-state index contributed by atoms with van der Waals surface area (Å²) in [4.78, 5) is 46.6. The van der Waals surface area contributed by atoms with Gasteiger partial charge in [-0.15, -0.1) is 6.58 Å². The average Bonchev–Trinajstić information content (AvgIpc) is 3.57. The maximum absolute atomic E-state index is 15.1. The summed E-state index contributed by atoms with van der Waals surface area (Å²) in [5, 5.41) is 12.8. The molecule has 0 aromatic heterocycles. The molecule has 3 aliphatic heterocycles. The molecule has 0 radical (unpaired) electrons. The average molecular weight is 609 g/mol. The predicted molar refractivity (Wildman–Crippen MR) is 172 cm³/mol. The number of likely N-dealkylation sites (tertiary alicyclic amines) is 1. The number of fused-ring (bicyclic) bond motifs is 2. The number of esters is 1. The van der Waals surface area contributed by atoms with Crippen LogP contribution in [0, 0.1) is 17.8 Å². The quantitative estimate of drug-likeness (QED) is 0.251. The molecule has 3 saturated heterocycles. The first-order chi connectivity index (χ1) is 21.7. The van der Waals surface area contributed by atoms with Gasteiger partial charge in [-0.25, -0.2) is 0 Å². The predicted octanol–water partition coefficient (Wildman–Crippen LogP) is 4.70. The summed E-state index contributed by atoms with van der Waals surface area (Å²) in [5.41, 5.74) is -0.734. The van der Waals surface area contributed by atoms with E-state index < -0.39 is 41.1 Å². The molecule has 3 heterocycles. The van der Waals surface area contributed by atoms with Crippen molar-refractivity contribution in [1.82, 2.24) is 4.90 Å². The Morgan fingerprint density at radius 3 is 2.49 bits per heavy atom. The lowest BCUT2D eigenvalue weighted by Gasteiger charge is -2.39. The van der Waals surface area contributed by atoms with Gasteiger partial charge in [0.05, 0.1) is 24.2 Å². The SMILES string of the molecule is C=CCOC(=O)[C@H]1[C@H]2C(=O)N([C@@H](CO)Cc3ccccc3)C(C(=O)N(CC=C)c3ccc4ccccc4c3)C23CC(C)[C@]1(C)O3. The summed E-state index contributed by atoms with van der Waals surface area (Å²) in [6.07, 6.45) is 3.87. The number of hydrogen-bond donors (Lipinski definition) is 1. The van der Waals surface area contributed by atoms with Gasteiger partial charge in [-0.1, -0.05) is 86.3 Å². The molecule has 8 heteroatoms. The molecule has 7 atom stereocenters. The smallest absolute Gasteiger partial charge is 0.313 e. The summed E-state index contributed by atoms with van der Waals surface area (Å²) < 4.78 is 12.4. The van der Waals surface area contributed by atoms with Crippen LogP contribution in [0.15, 0.2) is 98.1 Å². The third-order valence-corrected chi connectivity index (χ3v) is 10.1. The van der Waals surface area contributed by atoms with Crippen LogP contribution in [0.4, 0.5) is 5.69 Å². The zero-order valence-corrected chi connectivity index (χ0v) is 25.8. The fourth-order valence-electron chi connectivity index (χ4n) is 8.02. The van der Waals surface area contributed by atoms with Crippen molar-refractivity contribution in [2.45, 2.75) is 50.0 Å². The van der Waals surface area contributed by atoms with E-state index >= 15 is 4.79 Å². The largest absolute Gasteiger partial charge is 0.461 e. The van der Waals surface area contributed by atoms with Gasteiger partial charge in [0, 0.05) is 12.2 Å². The van der Waals surface area contributed by atoms with Crippen LogP contribution in [0.2, 0.25) is 0 Å². The Morgan fingerprint density at radius 1 is 1.09 bits per heavy atom. The van der Waals surface area contributed by atoms with E-state index in [1.165, 1.54) is 11.0 Å². The second-order valence-corrected chi connectivity index (χ2v) is 12.7. The molecular formula is C37H40N2O6. The fraction of sp³-hybridized carbons (Fsp3) is 0.378. The summed E-state index contributed by atoms with van der Waals surface area (Å²) in [6.45, 7) is 11.2. The first kappa shape index (κ1) is 30.7. The van der Waals surface area contributed by atoms with Gasteiger partial charge in [0.1, 0.15) is 24.2 Å². The number of aliphatic hydroxyl groups is 1. The lowest BCUT2D eigenvalue weighted by molar-refractivity contribution is -0.161. The van der Waals surface area contributed by atoms with Crippen LogP contribution in [0.3, 0.4) is 0 Å². The molecule has 45 heavy (non-hydrogen) atoms. The molecule has 8 nitrogen and oxygen atoms in total. The number of carbonyl (C=O) groups excluding carboxylic acids is 3. The van der Waals surface area contributed by atoms with Crippen LogP contribution in [0.25, 0.3) is 10.8 Å². The Morgan fingerprint density at radius 2 is 1.80 bits per heavy atom. The van der Waals surface area contributed by atoms with Crippen molar-refractivity contribution in [3.05, 3.63) is 104 Å². The van der Waals surface area contributed by atoms with Crippen molar-refractivity contribution in [3.63, 3.8) is 0 Å². The van der Waals surface area contributed by atoms with Crippen molar-refractivity contribution in [2.75, 3.05) is 24.7 Å². The van der Waals surface area contributed by atoms with Crippen LogP contribution >= 0.6 is 0 Å². The van der Waals surface area contributed by atoms with Crippen molar-refractivity contribution in [1.29, 1.82) is 0 Å². The zero-order valence-electron chi connectivity index (χ0n) is 25.8. The van der Waals surface area contributed by atoms with Crippen molar-refractivity contribution in [3.8, 4) is 0 Å². The molecule has 2 amide bonds. The fourth-order valence-corrected chi connectivity index (χ4v) is 8.02. The van der Waals surface area contributed by atoms with Gasteiger partial charge in [-0.05, 0) is 54.2 Å². The molecule has 1 spiro atoms. The highest BCUT2D eigenvalue weighted by molar-refractivity contribution is 6.06. The second kappa shape index (κ2) is 11.9. The van der Waals surface area contributed by atoms with Crippen LogP contribution in [0.1, 0.15) is 25.8 Å². The monoisotopic (exact) mass is 608 g/mol. The first-order valence-corrected chi connectivity index (χ1v) is 15.6. The highest BCUT2D eigenvalue weighted by Gasteiger charge is 2.80. The molecule has 234 valence electrons. The number of hydrogen-bond acceptors (Lipinski definition) is 6. The molecule has 3 unspecified atom stereocenters. The topological polar surface area (TPSA) is 96.4 Å². The third kappa shape index (κ3) is 4.87. The minimum Gasteiger partial charge on any atom is -0.461 e. The molecular weight excluding hydrogens is 568 g/mol. The summed E-state index contributed by atoms with van der Waals surface area (Å²) >= 11 is 0. The number of rotatable bonds is 11. The van der Waals surface area contributed by atoms with Gasteiger partial charge in [0.25, 0.3) is 5.91 Å². The van der Waals surface area contributed by atoms with E-state index in [9.17, 15) is 14.7 Å². The molecule has 3 fully saturated rings. The van der Waals surface area contributed by atoms with E-state index in [4.69, 9.17) is 9.47 Å². The maximum Gasteiger partial charge on any atom is 0.313 e. The van der Waals surface area contributed by atoms with Gasteiger partial charge in [-0.2, -0.15) is 0 Å². The van der Waals surface area contributed by atoms with Gasteiger partial charge in [0.2, 0.25) is 5.91 Å². The highest BCUT2D eigenvalue weighted by Crippen LogP contribution is 2.65. The Hall–Kier alpha value is -4.27. The Labute approximate surface area is 263 Å². The molecule has 3 aliphatic rings. The zero-order chi connectivity index (χ0) is 31.9. The van der Waals surface area contributed by atoms with Crippen molar-refractivity contribution >= 4 is 34.2 Å². The lowest BCUT2D eigenvalue weighted by atomic mass is 9.62. The molecule has 0 saturated carbocycles. The van der Waals surface area contributed by atoms with E-state index in [0.717, 1.165) is 16.3 Å². The number of aliphatic hydroxyl groups excluding tert-OH is 1. The van der Waals surface area contributed by atoms with E-state index in [0.29, 0.717) is 18.5 Å². The van der Waals surface area contributed by atoms with Crippen LogP contribution in [-0.2, 0) is 30.3 Å². The number of carbonyl (C=O) groups is 3. The minimum atomic E-state index is -1.29. The second-order valence-electron chi connectivity index (χ2n) is 12.7. The van der Waals surface area contributed by atoms with Gasteiger partial charge in [-0.3, -0.25) is 14.4 Å². The maximum atomic E-state index is 15.1. The number of anilines is 1. The van der Waals surface area contributed by atoms with Crippen LogP contribution < -0.4 is 4.90 Å². The summed E-state index contributed by atoms with van der Waals surface area (Å²) in [6, 6.07) is 21.4. The first-order valence-electron chi connectivity index (χ1n) is 15.6. The van der Waals surface area contributed by atoms with Crippen molar-refractivity contribution < 1.29 is 29.0 Å². The summed E-state index contributed by atoms with van der Waals surface area (Å²) in [5.74, 6) is -3.28. The number of nitrogens with zero attached hydrogens (tertiary/aromatic N) is 2. The minimum absolute atomic E-state index is 0.00211. The Kier molecular flexibility index (Phi) is 8.14. The Balaban J connectivity index is 1.49. The molecule has 0 aliphatic carbocycles. The molecule has 2 bridgehead atoms. The normalized spacial score (nSPS) is 29.0. The number of amides is 2. The third-order valence-electron chi connectivity index (χ3n) is 10.1. The van der Waals surface area contributed by atoms with Gasteiger partial charge < -0.3 is 24.4 Å². The van der Waals surface area contributed by atoms with E-state index in [2.05, 4.69) is 13.2 Å². The van der Waals surface area contributed by atoms with E-state index in [1.807, 2.05) is 86.6 Å². The van der Waals surface area contributed by atoms with Crippen LogP contribution in [-0.4, -0.2) is 70.8 Å². The number of benzene rings is 3. The van der Waals surface area contributed by atoms with Gasteiger partial charge >= 0.3 is 5.97 Å². The number of ether oxygens (including phenoxy) is 2. The molecule has 3 aromatic carbocycles. The summed E-state index contributed by atoms with van der Waals surface area (Å²) in [7, 11) is 0. The van der Waals surface area contributed by atoms with Crippen LogP contribution in [0.5, 0.6) is 0 Å². The van der Waals surface area contributed by atoms with E-state index in [1.54, 1.807) is 11.0 Å². The lowest BCUT2D eigenvalue weighted by Crippen LogP contribution is -2.59. The van der Waals surface area contributed by atoms with Gasteiger partial charge in [0.15, 0.2) is 0 Å². The Bertz CT molecular complexity index is 1640. The highest BCUT2D eigenvalue weighted by atomic mass is 16.6. The molecule has 1 N–H and O–H groups in total. The standard InChI is InChI=1S/C37H40N2O6/c1-5-18-38(28-17-16-26-14-10-11-15-27(26)21-28)34(42)32-37-22-24(3)36(4,45-37)31(35(43)44-19-6-2)30(37)33(41)39(32)29(23-40)20-25-12-8-7-9-13-25/h5-17,21,24,29-32,40H,1-2,18-20,22-23H2,3-4H3/t24?,29-,30+,31-,32?,36+,37?/m1/s1.